The van der Waals surface area contributed by atoms with Crippen LogP contribution in [-0.2, 0) is 11.3 Å². The van der Waals surface area contributed by atoms with Crippen molar-refractivity contribution >= 4 is 5.91 Å². The molecule has 0 atom stereocenters. The van der Waals surface area contributed by atoms with Crippen LogP contribution in [0.1, 0.15) is 45.0 Å². The van der Waals surface area contributed by atoms with Crippen molar-refractivity contribution in [2.24, 2.45) is 11.3 Å². The first-order chi connectivity index (χ1) is 10.3. The predicted octanol–water partition coefficient (Wildman–Crippen LogP) is 2.76. The Labute approximate surface area is 134 Å². The Balaban J connectivity index is 1.73. The second-order valence-electron chi connectivity index (χ2n) is 7.45. The fraction of sp³-hybridized carbons (Fsp3) is 0.667. The smallest absolute Gasteiger partial charge is 0.225 e. The Morgan fingerprint density at radius 1 is 1.32 bits per heavy atom. The molecule has 1 aromatic heterocycles. The number of likely N-dealkylation sites (tertiary alicyclic amines) is 1. The van der Waals surface area contributed by atoms with Crippen molar-refractivity contribution < 1.29 is 4.79 Å². The largest absolute Gasteiger partial charge is 0.355 e. The lowest BCUT2D eigenvalue weighted by Crippen LogP contribution is -2.41. The molecule has 22 heavy (non-hydrogen) atoms. The molecule has 0 aromatic carbocycles. The second kappa shape index (κ2) is 7.23. The lowest BCUT2D eigenvalue weighted by atomic mass is 9.93. The molecule has 2 heterocycles. The highest BCUT2D eigenvalue weighted by Crippen LogP contribution is 2.19. The van der Waals surface area contributed by atoms with Gasteiger partial charge in [0.15, 0.2) is 0 Å². The Bertz CT molecular complexity index is 499. The van der Waals surface area contributed by atoms with Gasteiger partial charge in [0.05, 0.1) is 5.69 Å². The second-order valence-corrected chi connectivity index (χ2v) is 7.45. The normalized spacial score (nSPS) is 17.5. The highest BCUT2D eigenvalue weighted by Gasteiger charge is 2.24. The monoisotopic (exact) mass is 303 g/mol. The van der Waals surface area contributed by atoms with E-state index >= 15 is 0 Å². The molecule has 4 nitrogen and oxygen atoms in total. The van der Waals surface area contributed by atoms with Gasteiger partial charge in [-0.15, -0.1) is 0 Å². The lowest BCUT2D eigenvalue weighted by Gasteiger charge is -2.32. The Morgan fingerprint density at radius 2 is 2.00 bits per heavy atom. The maximum Gasteiger partial charge on any atom is 0.225 e. The summed E-state index contributed by atoms with van der Waals surface area (Å²) in [6.45, 7) is 11.8. The van der Waals surface area contributed by atoms with Crippen LogP contribution >= 0.6 is 0 Å². The summed E-state index contributed by atoms with van der Waals surface area (Å²) in [7, 11) is 0. The number of nitrogens with zero attached hydrogens (tertiary/aromatic N) is 2. The highest BCUT2D eigenvalue weighted by molar-refractivity contribution is 5.81. The summed E-state index contributed by atoms with van der Waals surface area (Å²) in [5.74, 6) is 0.756. The summed E-state index contributed by atoms with van der Waals surface area (Å²) in [6.07, 6.45) is 2.30. The number of carbonyl (C=O) groups is 1. The van der Waals surface area contributed by atoms with Gasteiger partial charge in [-0.25, -0.2) is 0 Å². The first-order valence-corrected chi connectivity index (χ1v) is 8.28. The van der Waals surface area contributed by atoms with Crippen LogP contribution in [0.25, 0.3) is 0 Å². The average molecular weight is 303 g/mol. The van der Waals surface area contributed by atoms with Crippen LogP contribution in [0.5, 0.6) is 0 Å². The van der Waals surface area contributed by atoms with E-state index in [1.165, 1.54) is 0 Å². The van der Waals surface area contributed by atoms with Crippen molar-refractivity contribution in [3.8, 4) is 0 Å². The Morgan fingerprint density at radius 3 is 2.59 bits per heavy atom. The molecule has 0 radical (unpaired) electrons. The zero-order valence-corrected chi connectivity index (χ0v) is 14.4. The number of hydrogen-bond acceptors (Lipinski definition) is 3. The number of rotatable bonds is 4. The van der Waals surface area contributed by atoms with Crippen molar-refractivity contribution in [2.75, 3.05) is 19.6 Å². The van der Waals surface area contributed by atoms with Crippen LogP contribution in [0.2, 0.25) is 0 Å². The van der Waals surface area contributed by atoms with E-state index in [0.29, 0.717) is 5.92 Å². The van der Waals surface area contributed by atoms with E-state index in [4.69, 9.17) is 0 Å². The number of piperidine rings is 1. The number of amides is 1. The minimum atomic E-state index is -0.294. The van der Waals surface area contributed by atoms with Gasteiger partial charge in [0.1, 0.15) is 0 Å². The molecule has 0 saturated carbocycles. The molecule has 0 spiro atoms. The standard InChI is InChI=1S/C18H29N3O/c1-14-6-5-7-16(20-14)13-21-10-8-15(9-11-21)12-19-17(22)18(2,3)4/h5-7,15H,8-13H2,1-4H3,(H,19,22). The van der Waals surface area contributed by atoms with Crippen molar-refractivity contribution in [1.29, 1.82) is 0 Å². The molecule has 0 unspecified atom stereocenters. The fourth-order valence-electron chi connectivity index (χ4n) is 2.77. The van der Waals surface area contributed by atoms with Crippen molar-refractivity contribution in [1.82, 2.24) is 15.2 Å². The first kappa shape index (κ1) is 16.9. The zero-order chi connectivity index (χ0) is 16.2. The van der Waals surface area contributed by atoms with E-state index < -0.39 is 0 Å². The summed E-state index contributed by atoms with van der Waals surface area (Å²) >= 11 is 0. The average Bonchev–Trinajstić information content (AvgIpc) is 2.45. The number of hydrogen-bond donors (Lipinski definition) is 1. The summed E-state index contributed by atoms with van der Waals surface area (Å²) < 4.78 is 0. The topological polar surface area (TPSA) is 45.2 Å². The van der Waals surface area contributed by atoms with Gasteiger partial charge >= 0.3 is 0 Å². The van der Waals surface area contributed by atoms with Gasteiger partial charge < -0.3 is 5.32 Å². The highest BCUT2D eigenvalue weighted by atomic mass is 16.2. The molecule has 122 valence electrons. The molecular formula is C18H29N3O. The minimum absolute atomic E-state index is 0.152. The van der Waals surface area contributed by atoms with Gasteiger partial charge in [0.2, 0.25) is 5.91 Å². The van der Waals surface area contributed by atoms with E-state index in [9.17, 15) is 4.79 Å². The van der Waals surface area contributed by atoms with Gasteiger partial charge in [-0.1, -0.05) is 26.8 Å². The summed E-state index contributed by atoms with van der Waals surface area (Å²) in [6, 6.07) is 6.21. The van der Waals surface area contributed by atoms with Crippen LogP contribution in [-0.4, -0.2) is 35.4 Å². The van der Waals surface area contributed by atoms with E-state index in [1.807, 2.05) is 33.8 Å². The Kier molecular flexibility index (Phi) is 5.57. The SMILES string of the molecule is Cc1cccc(CN2CCC(CNC(=O)C(C)(C)C)CC2)n1. The third kappa shape index (κ3) is 5.09. The zero-order valence-electron chi connectivity index (χ0n) is 14.4. The van der Waals surface area contributed by atoms with Crippen LogP contribution < -0.4 is 5.32 Å². The number of nitrogens with one attached hydrogen (secondary N) is 1. The molecule has 1 aliphatic heterocycles. The lowest BCUT2D eigenvalue weighted by molar-refractivity contribution is -0.128. The molecule has 1 aromatic rings. The molecule has 1 N–H and O–H groups in total. The summed E-state index contributed by atoms with van der Waals surface area (Å²) in [5, 5.41) is 3.09. The minimum Gasteiger partial charge on any atom is -0.355 e. The van der Waals surface area contributed by atoms with Crippen molar-refractivity contribution in [3.63, 3.8) is 0 Å². The molecule has 1 fully saturated rings. The third-order valence-corrected chi connectivity index (χ3v) is 4.27. The molecule has 0 aliphatic carbocycles. The van der Waals surface area contributed by atoms with E-state index in [-0.39, 0.29) is 11.3 Å². The third-order valence-electron chi connectivity index (χ3n) is 4.27. The molecule has 1 aliphatic rings. The summed E-state index contributed by atoms with van der Waals surface area (Å²) in [4.78, 5) is 19.0. The van der Waals surface area contributed by atoms with Gasteiger partial charge in [0.25, 0.3) is 0 Å². The first-order valence-electron chi connectivity index (χ1n) is 8.28. The van der Waals surface area contributed by atoms with Gasteiger partial charge in [-0.05, 0) is 50.9 Å². The van der Waals surface area contributed by atoms with E-state index in [1.54, 1.807) is 0 Å². The molecule has 0 bridgehead atoms. The van der Waals surface area contributed by atoms with Gasteiger partial charge in [-0.2, -0.15) is 0 Å². The Hall–Kier alpha value is -1.42. The number of aromatic nitrogens is 1. The molecule has 4 heteroatoms. The number of pyridine rings is 1. The fourth-order valence-corrected chi connectivity index (χ4v) is 2.77. The van der Waals surface area contributed by atoms with Gasteiger partial charge in [-0.3, -0.25) is 14.7 Å². The quantitative estimate of drug-likeness (QED) is 0.930. The molecule has 2 rings (SSSR count). The van der Waals surface area contributed by atoms with E-state index in [0.717, 1.165) is 50.4 Å². The van der Waals surface area contributed by atoms with Gasteiger partial charge in [0, 0.05) is 24.2 Å². The van der Waals surface area contributed by atoms with Crippen LogP contribution in [0, 0.1) is 18.3 Å². The maximum absolute atomic E-state index is 11.9. The van der Waals surface area contributed by atoms with Crippen LogP contribution in [0.3, 0.4) is 0 Å². The predicted molar refractivity (Wildman–Crippen MR) is 89.4 cm³/mol. The number of carbonyl (C=O) groups excluding carboxylic acids is 1. The number of aryl methyl sites for hydroxylation is 1. The maximum atomic E-state index is 11.9. The van der Waals surface area contributed by atoms with Crippen molar-refractivity contribution in [3.05, 3.63) is 29.6 Å². The van der Waals surface area contributed by atoms with Crippen LogP contribution in [0.4, 0.5) is 0 Å². The molecule has 1 saturated heterocycles. The van der Waals surface area contributed by atoms with Crippen molar-refractivity contribution in [2.45, 2.75) is 47.1 Å². The molecular weight excluding hydrogens is 274 g/mol. The van der Waals surface area contributed by atoms with Crippen LogP contribution in [0.15, 0.2) is 18.2 Å². The molecule has 1 amide bonds. The van der Waals surface area contributed by atoms with E-state index in [2.05, 4.69) is 27.3 Å². The summed E-state index contributed by atoms with van der Waals surface area (Å²) in [5.41, 5.74) is 1.94.